The molecule has 4 nitrogen and oxygen atoms in total. The van der Waals surface area contributed by atoms with E-state index in [4.69, 9.17) is 0 Å². The lowest BCUT2D eigenvalue weighted by atomic mass is 9.70. The average Bonchev–Trinajstić information content (AvgIpc) is 3.11. The first-order valence-electron chi connectivity index (χ1n) is 8.30. The van der Waals surface area contributed by atoms with Crippen molar-refractivity contribution in [1.29, 1.82) is 0 Å². The van der Waals surface area contributed by atoms with Gasteiger partial charge in [-0.3, -0.25) is 4.79 Å². The maximum Gasteiger partial charge on any atom is 0.267 e. The van der Waals surface area contributed by atoms with Gasteiger partial charge >= 0.3 is 0 Å². The molecule has 2 fully saturated rings. The molecule has 0 aliphatic heterocycles. The SMILES string of the molecule is C[C@@H]1[C@@H](NC(=O)c2cc3cc(Br)ncc3[nH]2)C2C[C@@H]1C(C)(C)C2. The van der Waals surface area contributed by atoms with Gasteiger partial charge in [-0.05, 0) is 64.1 Å². The molecule has 2 heterocycles. The monoisotopic (exact) mass is 375 g/mol. The molecule has 23 heavy (non-hydrogen) atoms. The fraction of sp³-hybridized carbons (Fsp3) is 0.556. The molecule has 5 heteroatoms. The lowest BCUT2D eigenvalue weighted by molar-refractivity contribution is 0.0832. The molecule has 2 aliphatic carbocycles. The number of H-pyrrole nitrogens is 1. The van der Waals surface area contributed by atoms with Crippen LogP contribution in [-0.2, 0) is 0 Å². The number of carbonyl (C=O) groups is 1. The predicted octanol–water partition coefficient (Wildman–Crippen LogP) is 4.13. The lowest BCUT2D eigenvalue weighted by Crippen LogP contribution is -2.46. The van der Waals surface area contributed by atoms with E-state index in [1.54, 1.807) is 6.20 Å². The van der Waals surface area contributed by atoms with Crippen LogP contribution < -0.4 is 5.32 Å². The molecule has 122 valence electrons. The largest absolute Gasteiger partial charge is 0.349 e. The Hall–Kier alpha value is -1.36. The second kappa shape index (κ2) is 5.07. The van der Waals surface area contributed by atoms with Gasteiger partial charge in [0, 0.05) is 11.4 Å². The number of pyridine rings is 1. The third kappa shape index (κ3) is 2.40. The minimum absolute atomic E-state index is 0.000437. The number of carbonyl (C=O) groups excluding carboxylic acids is 1. The van der Waals surface area contributed by atoms with Crippen molar-refractivity contribution in [3.05, 3.63) is 28.6 Å². The zero-order valence-corrected chi connectivity index (χ0v) is 15.3. The molecule has 0 spiro atoms. The standard InChI is InChI=1S/C18H22BrN3O/c1-9-12-4-11(7-18(12,2)3)16(9)22-17(23)13-5-10-6-15(19)20-8-14(10)21-13/h5-6,8-9,11-12,16,21H,4,7H2,1-3H3,(H,22,23)/t9-,11?,12-,16+/m0/s1. The molecule has 2 aromatic rings. The second-order valence-electron chi connectivity index (χ2n) is 7.93. The Bertz CT molecular complexity index is 780. The van der Waals surface area contributed by atoms with Crippen LogP contribution in [0.4, 0.5) is 0 Å². The Morgan fingerprint density at radius 2 is 2.22 bits per heavy atom. The van der Waals surface area contributed by atoms with Crippen LogP contribution in [0.3, 0.4) is 0 Å². The molecule has 4 rings (SSSR count). The summed E-state index contributed by atoms with van der Waals surface area (Å²) in [6.07, 6.45) is 4.22. The van der Waals surface area contributed by atoms with Crippen molar-refractivity contribution in [1.82, 2.24) is 15.3 Å². The molecular formula is C18H22BrN3O. The van der Waals surface area contributed by atoms with Crippen LogP contribution >= 0.6 is 15.9 Å². The number of aromatic amines is 1. The van der Waals surface area contributed by atoms with Gasteiger partial charge in [-0.2, -0.15) is 0 Å². The highest BCUT2D eigenvalue weighted by Crippen LogP contribution is 2.58. The number of rotatable bonds is 2. The summed E-state index contributed by atoms with van der Waals surface area (Å²) in [7, 11) is 0. The number of amides is 1. The molecule has 4 atom stereocenters. The summed E-state index contributed by atoms with van der Waals surface area (Å²) in [6, 6.07) is 4.13. The molecular weight excluding hydrogens is 354 g/mol. The van der Waals surface area contributed by atoms with Crippen molar-refractivity contribution in [2.45, 2.75) is 39.7 Å². The van der Waals surface area contributed by atoms with Gasteiger partial charge in [-0.1, -0.05) is 20.8 Å². The van der Waals surface area contributed by atoms with Crippen LogP contribution in [0.2, 0.25) is 0 Å². The van der Waals surface area contributed by atoms with Gasteiger partial charge in [-0.25, -0.2) is 4.98 Å². The van der Waals surface area contributed by atoms with E-state index in [1.807, 2.05) is 12.1 Å². The molecule has 2 saturated carbocycles. The smallest absolute Gasteiger partial charge is 0.267 e. The zero-order valence-electron chi connectivity index (χ0n) is 13.7. The fourth-order valence-corrected chi connectivity index (χ4v) is 5.39. The Balaban J connectivity index is 1.54. The van der Waals surface area contributed by atoms with Crippen molar-refractivity contribution < 1.29 is 4.79 Å². The van der Waals surface area contributed by atoms with Crippen LogP contribution in [0.15, 0.2) is 22.9 Å². The quantitative estimate of drug-likeness (QED) is 0.775. The first-order chi connectivity index (χ1) is 10.8. The Morgan fingerprint density at radius 1 is 1.43 bits per heavy atom. The summed E-state index contributed by atoms with van der Waals surface area (Å²) >= 11 is 3.36. The van der Waals surface area contributed by atoms with Crippen LogP contribution in [0.1, 0.15) is 44.1 Å². The van der Waals surface area contributed by atoms with Gasteiger partial charge in [0.15, 0.2) is 0 Å². The number of hydrogen-bond donors (Lipinski definition) is 2. The summed E-state index contributed by atoms with van der Waals surface area (Å²) in [4.78, 5) is 20.0. The molecule has 0 radical (unpaired) electrons. The Morgan fingerprint density at radius 3 is 2.91 bits per heavy atom. The van der Waals surface area contributed by atoms with Gasteiger partial charge in [0.05, 0.1) is 11.7 Å². The molecule has 0 saturated heterocycles. The summed E-state index contributed by atoms with van der Waals surface area (Å²) in [6.45, 7) is 7.03. The minimum atomic E-state index is -0.000437. The Labute approximate surface area is 144 Å². The highest BCUT2D eigenvalue weighted by molar-refractivity contribution is 9.10. The van der Waals surface area contributed by atoms with E-state index in [2.05, 4.69) is 52.0 Å². The van der Waals surface area contributed by atoms with Crippen molar-refractivity contribution in [2.24, 2.45) is 23.2 Å². The lowest BCUT2D eigenvalue weighted by Gasteiger charge is -2.39. The zero-order chi connectivity index (χ0) is 16.4. The summed E-state index contributed by atoms with van der Waals surface area (Å²) in [5, 5.41) is 4.29. The third-order valence-electron chi connectivity index (χ3n) is 6.07. The normalized spacial score (nSPS) is 31.7. The fourth-order valence-electron chi connectivity index (χ4n) is 5.04. The van der Waals surface area contributed by atoms with Crippen molar-refractivity contribution >= 4 is 32.7 Å². The molecule has 1 amide bonds. The summed E-state index contributed by atoms with van der Waals surface area (Å²) in [5.74, 6) is 1.89. The predicted molar refractivity (Wildman–Crippen MR) is 94.2 cm³/mol. The molecule has 0 aromatic carbocycles. The van der Waals surface area contributed by atoms with Crippen LogP contribution in [0.25, 0.3) is 10.9 Å². The molecule has 2 bridgehead atoms. The van der Waals surface area contributed by atoms with E-state index in [1.165, 1.54) is 12.8 Å². The second-order valence-corrected chi connectivity index (χ2v) is 8.74. The first kappa shape index (κ1) is 15.2. The average molecular weight is 376 g/mol. The van der Waals surface area contributed by atoms with Gasteiger partial charge in [0.25, 0.3) is 5.91 Å². The third-order valence-corrected chi connectivity index (χ3v) is 6.51. The first-order valence-corrected chi connectivity index (χ1v) is 9.09. The summed E-state index contributed by atoms with van der Waals surface area (Å²) < 4.78 is 0.778. The number of halogens is 1. The molecule has 2 aromatic heterocycles. The van der Waals surface area contributed by atoms with Gasteiger partial charge in [-0.15, -0.1) is 0 Å². The maximum absolute atomic E-state index is 12.7. The van der Waals surface area contributed by atoms with E-state index in [9.17, 15) is 4.79 Å². The molecule has 2 aliphatic rings. The van der Waals surface area contributed by atoms with Crippen LogP contribution in [0, 0.1) is 23.2 Å². The van der Waals surface area contributed by atoms with Crippen molar-refractivity contribution in [3.8, 4) is 0 Å². The van der Waals surface area contributed by atoms with E-state index in [-0.39, 0.29) is 5.91 Å². The molecule has 2 N–H and O–H groups in total. The number of fused-ring (bicyclic) bond motifs is 3. The highest BCUT2D eigenvalue weighted by Gasteiger charge is 2.54. The number of nitrogens with one attached hydrogen (secondary N) is 2. The topological polar surface area (TPSA) is 57.8 Å². The van der Waals surface area contributed by atoms with Gasteiger partial charge in [0.1, 0.15) is 10.3 Å². The maximum atomic E-state index is 12.7. The van der Waals surface area contributed by atoms with Crippen LogP contribution in [0.5, 0.6) is 0 Å². The van der Waals surface area contributed by atoms with Gasteiger partial charge in [0.2, 0.25) is 0 Å². The van der Waals surface area contributed by atoms with Crippen molar-refractivity contribution in [2.75, 3.05) is 0 Å². The van der Waals surface area contributed by atoms with Gasteiger partial charge < -0.3 is 10.3 Å². The van der Waals surface area contributed by atoms with Crippen molar-refractivity contribution in [3.63, 3.8) is 0 Å². The van der Waals surface area contributed by atoms with E-state index in [0.717, 1.165) is 21.4 Å². The highest BCUT2D eigenvalue weighted by atomic mass is 79.9. The number of hydrogen-bond acceptors (Lipinski definition) is 2. The minimum Gasteiger partial charge on any atom is -0.349 e. The number of nitrogens with zero attached hydrogens (tertiary/aromatic N) is 1. The number of aromatic nitrogens is 2. The van der Waals surface area contributed by atoms with E-state index >= 15 is 0 Å². The molecule has 1 unspecified atom stereocenters. The van der Waals surface area contributed by atoms with Crippen LogP contribution in [-0.4, -0.2) is 21.9 Å². The van der Waals surface area contributed by atoms with E-state index < -0.39 is 0 Å². The Kier molecular flexibility index (Phi) is 3.34. The summed E-state index contributed by atoms with van der Waals surface area (Å²) in [5.41, 5.74) is 1.93. The van der Waals surface area contributed by atoms with E-state index in [0.29, 0.717) is 29.0 Å².